The van der Waals surface area contributed by atoms with Gasteiger partial charge in [0.2, 0.25) is 0 Å². The maximum atomic E-state index is 14.0. The highest BCUT2D eigenvalue weighted by Crippen LogP contribution is 2.30. The van der Waals surface area contributed by atoms with Gasteiger partial charge in [-0.3, -0.25) is 4.79 Å². The van der Waals surface area contributed by atoms with Gasteiger partial charge in [-0.25, -0.2) is 8.78 Å². The lowest BCUT2D eigenvalue weighted by Gasteiger charge is -2.21. The van der Waals surface area contributed by atoms with Gasteiger partial charge in [-0.05, 0) is 29.8 Å². The van der Waals surface area contributed by atoms with Gasteiger partial charge in [-0.1, -0.05) is 29.8 Å². The summed E-state index contributed by atoms with van der Waals surface area (Å²) in [6, 6.07) is 10.2. The third-order valence-electron chi connectivity index (χ3n) is 3.17. The lowest BCUT2D eigenvalue weighted by atomic mass is 9.99. The van der Waals surface area contributed by atoms with E-state index in [1.807, 2.05) is 0 Å². The van der Waals surface area contributed by atoms with Crippen molar-refractivity contribution < 1.29 is 13.6 Å². The van der Waals surface area contributed by atoms with Crippen LogP contribution in [0.1, 0.15) is 11.1 Å². The van der Waals surface area contributed by atoms with Crippen molar-refractivity contribution in [1.82, 2.24) is 4.90 Å². The largest absolute Gasteiger partial charge is 0.377 e. The predicted octanol–water partition coefficient (Wildman–Crippen LogP) is 4.25. The molecule has 0 N–H and O–H groups in total. The molecule has 2 aromatic carbocycles. The quantitative estimate of drug-likeness (QED) is 0.477. The van der Waals surface area contributed by atoms with Gasteiger partial charge in [-0.2, -0.15) is 0 Å². The van der Waals surface area contributed by atoms with Crippen LogP contribution in [0.4, 0.5) is 8.78 Å². The number of benzene rings is 2. The minimum atomic E-state index is -0.782. The van der Waals surface area contributed by atoms with Crippen LogP contribution in [0.2, 0.25) is 5.02 Å². The van der Waals surface area contributed by atoms with Gasteiger partial charge in [0, 0.05) is 19.1 Å². The topological polar surface area (TPSA) is 20.3 Å². The number of hydrogen-bond acceptors (Lipinski definition) is 2. The van der Waals surface area contributed by atoms with Crippen molar-refractivity contribution in [3.05, 3.63) is 70.2 Å². The zero-order valence-corrected chi connectivity index (χ0v) is 12.9. The molecule has 2 rings (SSSR count). The Morgan fingerprint density at radius 3 is 2.05 bits per heavy atom. The SMILES string of the molecule is CN(C)C(=C(C=O)c1c(F)cccc1F)c1ccc(Cl)cc1. The van der Waals surface area contributed by atoms with E-state index in [1.54, 1.807) is 43.3 Å². The molecular weight excluding hydrogens is 308 g/mol. The molecule has 0 aliphatic heterocycles. The van der Waals surface area contributed by atoms with Crippen molar-refractivity contribution in [3.63, 3.8) is 0 Å². The van der Waals surface area contributed by atoms with Crippen molar-refractivity contribution >= 4 is 29.2 Å². The molecule has 0 heterocycles. The molecule has 0 aromatic heterocycles. The van der Waals surface area contributed by atoms with Crippen LogP contribution < -0.4 is 0 Å². The molecular formula is C17H14ClF2NO. The van der Waals surface area contributed by atoms with Crippen molar-refractivity contribution in [1.29, 1.82) is 0 Å². The minimum absolute atomic E-state index is 0.0528. The van der Waals surface area contributed by atoms with Crippen LogP contribution in [-0.2, 0) is 4.79 Å². The summed E-state index contributed by atoms with van der Waals surface area (Å²) in [5.41, 5.74) is 0.661. The summed E-state index contributed by atoms with van der Waals surface area (Å²) in [5.74, 6) is -1.56. The van der Waals surface area contributed by atoms with Gasteiger partial charge in [0.15, 0.2) is 6.29 Å². The fourth-order valence-corrected chi connectivity index (χ4v) is 2.38. The monoisotopic (exact) mass is 321 g/mol. The predicted molar refractivity (Wildman–Crippen MR) is 84.4 cm³/mol. The summed E-state index contributed by atoms with van der Waals surface area (Å²) in [6.45, 7) is 0. The van der Waals surface area contributed by atoms with Gasteiger partial charge in [-0.15, -0.1) is 0 Å². The second-order valence-electron chi connectivity index (χ2n) is 4.88. The molecule has 0 atom stereocenters. The van der Waals surface area contributed by atoms with Crippen LogP contribution in [0.25, 0.3) is 11.3 Å². The van der Waals surface area contributed by atoms with Gasteiger partial charge >= 0.3 is 0 Å². The van der Waals surface area contributed by atoms with Crippen LogP contribution >= 0.6 is 11.6 Å². The standard InChI is InChI=1S/C17H14ClF2NO/c1-21(2)17(11-6-8-12(18)9-7-11)13(10-22)16-14(19)4-3-5-15(16)20/h3-10H,1-2H3. The Balaban J connectivity index is 2.76. The smallest absolute Gasteiger partial charge is 0.152 e. The molecule has 0 saturated heterocycles. The normalized spacial score (nSPS) is 11.9. The summed E-state index contributed by atoms with van der Waals surface area (Å²) in [6.07, 6.45) is 0.464. The van der Waals surface area contributed by atoms with E-state index >= 15 is 0 Å². The zero-order chi connectivity index (χ0) is 16.3. The number of carbonyl (C=O) groups is 1. The molecule has 0 saturated carbocycles. The van der Waals surface area contributed by atoms with E-state index in [0.717, 1.165) is 12.1 Å². The first-order valence-electron chi connectivity index (χ1n) is 6.52. The number of aldehydes is 1. The summed E-state index contributed by atoms with van der Waals surface area (Å²) in [5, 5.41) is 0.534. The molecule has 0 unspecified atom stereocenters. The molecule has 5 heteroatoms. The number of hydrogen-bond donors (Lipinski definition) is 0. The summed E-state index contributed by atoms with van der Waals surface area (Å²) < 4.78 is 28.0. The molecule has 0 aliphatic carbocycles. The molecule has 22 heavy (non-hydrogen) atoms. The summed E-state index contributed by atoms with van der Waals surface area (Å²) >= 11 is 5.86. The highest BCUT2D eigenvalue weighted by Gasteiger charge is 2.19. The Kier molecular flexibility index (Phi) is 4.93. The molecule has 0 amide bonds. The van der Waals surface area contributed by atoms with Crippen LogP contribution in [0.15, 0.2) is 42.5 Å². The molecule has 114 valence electrons. The number of rotatable bonds is 4. The first kappa shape index (κ1) is 16.2. The Morgan fingerprint density at radius 1 is 1.05 bits per heavy atom. The van der Waals surface area contributed by atoms with E-state index in [9.17, 15) is 13.6 Å². The van der Waals surface area contributed by atoms with Crippen LogP contribution in [0, 0.1) is 11.6 Å². The Labute approximate surface area is 132 Å². The van der Waals surface area contributed by atoms with Gasteiger partial charge in [0.25, 0.3) is 0 Å². The number of allylic oxidation sites excluding steroid dienone is 1. The molecule has 0 fully saturated rings. The third kappa shape index (κ3) is 3.17. The number of nitrogens with zero attached hydrogens (tertiary/aromatic N) is 1. The van der Waals surface area contributed by atoms with E-state index in [1.165, 1.54) is 6.07 Å². The Bertz CT molecular complexity index is 704. The first-order chi connectivity index (χ1) is 10.5. The van der Waals surface area contributed by atoms with Crippen LogP contribution in [0.5, 0.6) is 0 Å². The van der Waals surface area contributed by atoms with Crippen molar-refractivity contribution in [2.24, 2.45) is 0 Å². The summed E-state index contributed by atoms with van der Waals surface area (Å²) in [7, 11) is 3.40. The number of halogens is 3. The lowest BCUT2D eigenvalue weighted by Crippen LogP contribution is -2.14. The van der Waals surface area contributed by atoms with Gasteiger partial charge in [0.1, 0.15) is 11.6 Å². The van der Waals surface area contributed by atoms with E-state index in [2.05, 4.69) is 0 Å². The minimum Gasteiger partial charge on any atom is -0.377 e. The average Bonchev–Trinajstić information content (AvgIpc) is 2.47. The molecule has 2 aromatic rings. The Morgan fingerprint density at radius 2 is 1.59 bits per heavy atom. The highest BCUT2D eigenvalue weighted by molar-refractivity contribution is 6.30. The zero-order valence-electron chi connectivity index (χ0n) is 12.1. The first-order valence-corrected chi connectivity index (χ1v) is 6.90. The van der Waals surface area contributed by atoms with Gasteiger partial charge < -0.3 is 4.90 Å². The molecule has 0 radical (unpaired) electrons. The van der Waals surface area contributed by atoms with E-state index in [0.29, 0.717) is 22.6 Å². The van der Waals surface area contributed by atoms with E-state index in [4.69, 9.17) is 11.6 Å². The highest BCUT2D eigenvalue weighted by atomic mass is 35.5. The Hall–Kier alpha value is -2.20. The number of carbonyl (C=O) groups excluding carboxylic acids is 1. The molecule has 0 bridgehead atoms. The van der Waals surface area contributed by atoms with Crippen molar-refractivity contribution in [3.8, 4) is 0 Å². The van der Waals surface area contributed by atoms with Gasteiger partial charge in [0.05, 0.1) is 16.8 Å². The van der Waals surface area contributed by atoms with E-state index in [-0.39, 0.29) is 11.1 Å². The second kappa shape index (κ2) is 6.71. The van der Waals surface area contributed by atoms with Crippen molar-refractivity contribution in [2.45, 2.75) is 0 Å². The fraction of sp³-hybridized carbons (Fsp3) is 0.118. The van der Waals surface area contributed by atoms with Crippen LogP contribution in [-0.4, -0.2) is 25.3 Å². The fourth-order valence-electron chi connectivity index (χ4n) is 2.25. The van der Waals surface area contributed by atoms with Crippen LogP contribution in [0.3, 0.4) is 0 Å². The third-order valence-corrected chi connectivity index (χ3v) is 3.42. The molecule has 0 spiro atoms. The molecule has 2 nitrogen and oxygen atoms in total. The second-order valence-corrected chi connectivity index (χ2v) is 5.31. The maximum absolute atomic E-state index is 14.0. The van der Waals surface area contributed by atoms with Crippen molar-refractivity contribution in [2.75, 3.05) is 14.1 Å². The maximum Gasteiger partial charge on any atom is 0.152 e. The summed E-state index contributed by atoms with van der Waals surface area (Å²) in [4.78, 5) is 13.2. The van der Waals surface area contributed by atoms with E-state index < -0.39 is 11.6 Å². The molecule has 0 aliphatic rings. The lowest BCUT2D eigenvalue weighted by molar-refractivity contribution is -0.103. The average molecular weight is 322 g/mol.